The van der Waals surface area contributed by atoms with E-state index in [1.165, 1.54) is 11.3 Å². The van der Waals surface area contributed by atoms with Crippen LogP contribution in [0.25, 0.3) is 0 Å². The highest BCUT2D eigenvalue weighted by Gasteiger charge is 2.16. The molecule has 0 bridgehead atoms. The third kappa shape index (κ3) is 3.14. The lowest BCUT2D eigenvalue weighted by atomic mass is 10.2. The average Bonchev–Trinajstić information content (AvgIpc) is 3.14. The Kier molecular flexibility index (Phi) is 3.74. The van der Waals surface area contributed by atoms with Crippen LogP contribution < -0.4 is 20.3 Å². The van der Waals surface area contributed by atoms with E-state index in [0.29, 0.717) is 17.1 Å². The molecule has 7 heteroatoms. The fourth-order valence-corrected chi connectivity index (χ4v) is 2.53. The van der Waals surface area contributed by atoms with Gasteiger partial charge in [0.25, 0.3) is 5.91 Å². The number of carbonyl (C=O) groups is 2. The van der Waals surface area contributed by atoms with Gasteiger partial charge >= 0.3 is 0 Å². The van der Waals surface area contributed by atoms with Crippen molar-refractivity contribution in [2.75, 3.05) is 6.79 Å². The van der Waals surface area contributed by atoms with E-state index in [0.717, 1.165) is 5.56 Å². The zero-order valence-electron chi connectivity index (χ0n) is 10.9. The van der Waals surface area contributed by atoms with E-state index >= 15 is 0 Å². The lowest BCUT2D eigenvalue weighted by Crippen LogP contribution is -2.42. The Morgan fingerprint density at radius 3 is 2.81 bits per heavy atom. The van der Waals surface area contributed by atoms with Gasteiger partial charge in [-0.05, 0) is 40.6 Å². The van der Waals surface area contributed by atoms with Gasteiger partial charge in [0.1, 0.15) is 0 Å². The summed E-state index contributed by atoms with van der Waals surface area (Å²) in [5.74, 6) is 0.440. The number of fused-ring (bicyclic) bond motifs is 1. The largest absolute Gasteiger partial charge is 0.454 e. The van der Waals surface area contributed by atoms with Gasteiger partial charge in [0.15, 0.2) is 11.5 Å². The van der Waals surface area contributed by atoms with Gasteiger partial charge in [0.2, 0.25) is 12.7 Å². The molecule has 0 aliphatic carbocycles. The number of hydrazine groups is 1. The standard InChI is InChI=1S/C14H12N2O4S/c17-13(5-9-3-4-21-7-9)15-16-14(18)10-1-2-11-12(6-10)20-8-19-11/h1-4,6-7H,5,8H2,(H,15,17)(H,16,18). The SMILES string of the molecule is O=C(Cc1ccsc1)NNC(=O)c1ccc2c(c1)OCO2. The van der Waals surface area contributed by atoms with E-state index < -0.39 is 5.91 Å². The zero-order valence-corrected chi connectivity index (χ0v) is 11.7. The molecule has 2 N–H and O–H groups in total. The molecule has 1 aliphatic heterocycles. The lowest BCUT2D eigenvalue weighted by Gasteiger charge is -2.07. The highest BCUT2D eigenvalue weighted by Crippen LogP contribution is 2.32. The molecular weight excluding hydrogens is 292 g/mol. The molecule has 2 aromatic rings. The third-order valence-corrected chi connectivity index (χ3v) is 3.63. The van der Waals surface area contributed by atoms with Crippen molar-refractivity contribution < 1.29 is 19.1 Å². The molecule has 6 nitrogen and oxygen atoms in total. The predicted molar refractivity (Wildman–Crippen MR) is 76.2 cm³/mol. The number of hydrogen-bond acceptors (Lipinski definition) is 5. The molecule has 0 fully saturated rings. The molecule has 1 aromatic heterocycles. The summed E-state index contributed by atoms with van der Waals surface area (Å²) in [6, 6.07) is 6.70. The van der Waals surface area contributed by atoms with Gasteiger partial charge in [-0.15, -0.1) is 0 Å². The van der Waals surface area contributed by atoms with Crippen LogP contribution in [0, 0.1) is 0 Å². The molecule has 0 spiro atoms. The highest BCUT2D eigenvalue weighted by atomic mass is 32.1. The third-order valence-electron chi connectivity index (χ3n) is 2.89. The van der Waals surface area contributed by atoms with Crippen LogP contribution in [0.4, 0.5) is 0 Å². The van der Waals surface area contributed by atoms with Gasteiger partial charge in [0, 0.05) is 5.56 Å². The normalized spacial score (nSPS) is 12.0. The lowest BCUT2D eigenvalue weighted by molar-refractivity contribution is -0.121. The van der Waals surface area contributed by atoms with Gasteiger partial charge in [0.05, 0.1) is 6.42 Å². The first-order valence-electron chi connectivity index (χ1n) is 6.22. The van der Waals surface area contributed by atoms with Crippen LogP contribution in [0.1, 0.15) is 15.9 Å². The average molecular weight is 304 g/mol. The minimum Gasteiger partial charge on any atom is -0.454 e. The van der Waals surface area contributed by atoms with Crippen LogP contribution in [0.2, 0.25) is 0 Å². The molecule has 108 valence electrons. The second-order valence-electron chi connectivity index (χ2n) is 4.38. The Morgan fingerprint density at radius 1 is 1.14 bits per heavy atom. The maximum atomic E-state index is 11.9. The van der Waals surface area contributed by atoms with Crippen molar-refractivity contribution in [1.29, 1.82) is 0 Å². The van der Waals surface area contributed by atoms with Crippen LogP contribution in [-0.4, -0.2) is 18.6 Å². The van der Waals surface area contributed by atoms with E-state index in [9.17, 15) is 9.59 Å². The number of ether oxygens (including phenoxy) is 2. The first-order valence-corrected chi connectivity index (χ1v) is 7.16. The van der Waals surface area contributed by atoms with E-state index in [4.69, 9.17) is 9.47 Å². The minimum absolute atomic E-state index is 0.151. The Labute approximate surface area is 124 Å². The molecule has 0 atom stereocenters. The van der Waals surface area contributed by atoms with E-state index in [2.05, 4.69) is 10.9 Å². The Hall–Kier alpha value is -2.54. The van der Waals surface area contributed by atoms with Crippen LogP contribution >= 0.6 is 11.3 Å². The first kappa shape index (κ1) is 13.4. The van der Waals surface area contributed by atoms with Crippen LogP contribution in [0.5, 0.6) is 11.5 Å². The molecule has 2 amide bonds. The molecule has 0 saturated carbocycles. The van der Waals surface area contributed by atoms with Crippen molar-refractivity contribution in [3.05, 3.63) is 46.2 Å². The summed E-state index contributed by atoms with van der Waals surface area (Å²) in [5.41, 5.74) is 6.05. The first-order chi connectivity index (χ1) is 10.2. The number of hydrogen-bond donors (Lipinski definition) is 2. The molecule has 0 radical (unpaired) electrons. The summed E-state index contributed by atoms with van der Waals surface area (Å²) < 4.78 is 10.4. The number of nitrogens with one attached hydrogen (secondary N) is 2. The maximum absolute atomic E-state index is 11.9. The van der Waals surface area contributed by atoms with Crippen LogP contribution in [-0.2, 0) is 11.2 Å². The molecule has 0 saturated heterocycles. The fourth-order valence-electron chi connectivity index (χ4n) is 1.86. The van der Waals surface area contributed by atoms with E-state index in [-0.39, 0.29) is 19.1 Å². The number of thiophene rings is 1. The minimum atomic E-state index is -0.410. The van der Waals surface area contributed by atoms with Crippen molar-refractivity contribution in [2.45, 2.75) is 6.42 Å². The molecular formula is C14H12N2O4S. The molecule has 0 unspecified atom stereocenters. The van der Waals surface area contributed by atoms with Gasteiger partial charge in [-0.3, -0.25) is 20.4 Å². The van der Waals surface area contributed by atoms with Crippen LogP contribution in [0.3, 0.4) is 0 Å². The number of benzene rings is 1. The summed E-state index contributed by atoms with van der Waals surface area (Å²) in [6.45, 7) is 0.151. The van der Waals surface area contributed by atoms with Gasteiger partial charge in [-0.25, -0.2) is 0 Å². The molecule has 1 aliphatic rings. The molecule has 1 aromatic carbocycles. The van der Waals surface area contributed by atoms with Crippen molar-refractivity contribution in [1.82, 2.24) is 10.9 Å². The summed E-state index contributed by atoms with van der Waals surface area (Å²) >= 11 is 1.52. The smallest absolute Gasteiger partial charge is 0.269 e. The van der Waals surface area contributed by atoms with Gasteiger partial charge in [-0.1, -0.05) is 0 Å². The quantitative estimate of drug-likeness (QED) is 0.842. The molecule has 21 heavy (non-hydrogen) atoms. The van der Waals surface area contributed by atoms with Crippen molar-refractivity contribution in [3.63, 3.8) is 0 Å². The second-order valence-corrected chi connectivity index (χ2v) is 5.16. The number of rotatable bonds is 3. The monoisotopic (exact) mass is 304 g/mol. The summed E-state index contributed by atoms with van der Waals surface area (Å²) in [5, 5.41) is 3.78. The zero-order chi connectivity index (χ0) is 14.7. The van der Waals surface area contributed by atoms with Crippen molar-refractivity contribution >= 4 is 23.2 Å². The van der Waals surface area contributed by atoms with Gasteiger partial charge < -0.3 is 9.47 Å². The summed E-state index contributed by atoms with van der Waals surface area (Å²) in [7, 11) is 0. The van der Waals surface area contributed by atoms with Crippen molar-refractivity contribution in [2.24, 2.45) is 0 Å². The maximum Gasteiger partial charge on any atom is 0.269 e. The predicted octanol–water partition coefficient (Wildman–Crippen LogP) is 1.48. The highest BCUT2D eigenvalue weighted by molar-refractivity contribution is 7.07. The van der Waals surface area contributed by atoms with E-state index in [1.807, 2.05) is 16.8 Å². The number of carbonyl (C=O) groups excluding carboxylic acids is 2. The second kappa shape index (κ2) is 5.84. The van der Waals surface area contributed by atoms with E-state index in [1.54, 1.807) is 18.2 Å². The molecule has 2 heterocycles. The summed E-state index contributed by atoms with van der Waals surface area (Å²) in [6.07, 6.45) is 0.227. The Bertz CT molecular complexity index is 670. The Morgan fingerprint density at radius 2 is 2.00 bits per heavy atom. The summed E-state index contributed by atoms with van der Waals surface area (Å²) in [4.78, 5) is 23.6. The Balaban J connectivity index is 1.55. The van der Waals surface area contributed by atoms with Gasteiger partial charge in [-0.2, -0.15) is 11.3 Å². The van der Waals surface area contributed by atoms with Crippen molar-refractivity contribution in [3.8, 4) is 11.5 Å². The fraction of sp³-hybridized carbons (Fsp3) is 0.143. The topological polar surface area (TPSA) is 76.7 Å². The van der Waals surface area contributed by atoms with Crippen LogP contribution in [0.15, 0.2) is 35.0 Å². The molecule has 3 rings (SSSR count). The number of amides is 2.